The second-order valence-corrected chi connectivity index (χ2v) is 7.20. The topological polar surface area (TPSA) is 72.8 Å². The van der Waals surface area contributed by atoms with Crippen molar-refractivity contribution >= 4 is 34.4 Å². The lowest BCUT2D eigenvalue weighted by atomic mass is 10.2. The molecule has 0 fully saturated rings. The maximum Gasteiger partial charge on any atom is 0.262 e. The van der Waals surface area contributed by atoms with E-state index in [1.807, 2.05) is 18.2 Å². The highest BCUT2D eigenvalue weighted by Gasteiger charge is 2.15. The Bertz CT molecular complexity index is 1200. The molecule has 0 unspecified atom stereocenters. The number of aromatic amines is 1. The second kappa shape index (κ2) is 7.65. The van der Waals surface area contributed by atoms with E-state index in [2.05, 4.69) is 15.1 Å². The second-order valence-electron chi connectivity index (χ2n) is 5.83. The number of thioether (sulfide) groups is 1. The van der Waals surface area contributed by atoms with Gasteiger partial charge in [0.15, 0.2) is 10.8 Å². The highest BCUT2D eigenvalue weighted by atomic mass is 35.5. The molecule has 9 heteroatoms. The zero-order chi connectivity index (χ0) is 19.7. The summed E-state index contributed by atoms with van der Waals surface area (Å²) in [6.45, 7) is 0. The van der Waals surface area contributed by atoms with Gasteiger partial charge in [0.2, 0.25) is 0 Å². The van der Waals surface area contributed by atoms with Crippen molar-refractivity contribution in [3.05, 3.63) is 75.4 Å². The van der Waals surface area contributed by atoms with Gasteiger partial charge in [-0.2, -0.15) is 5.10 Å². The van der Waals surface area contributed by atoms with Crippen molar-refractivity contribution in [2.24, 2.45) is 0 Å². The lowest BCUT2D eigenvalue weighted by Gasteiger charge is -2.09. The molecule has 0 atom stereocenters. The van der Waals surface area contributed by atoms with Crippen molar-refractivity contribution in [1.29, 1.82) is 0 Å². The van der Waals surface area contributed by atoms with Gasteiger partial charge in [-0.25, -0.2) is 14.1 Å². The summed E-state index contributed by atoms with van der Waals surface area (Å²) in [6.07, 6.45) is 1.45. The first-order valence-electron chi connectivity index (χ1n) is 8.25. The summed E-state index contributed by atoms with van der Waals surface area (Å²) in [5.74, 6) is 0.423. The quantitative estimate of drug-likeness (QED) is 0.390. The molecule has 2 aromatic carbocycles. The Morgan fingerprint density at radius 1 is 1.25 bits per heavy atom. The molecule has 1 N–H and O–H groups in total. The number of nitrogens with one attached hydrogen (secondary N) is 1. The fraction of sp³-hybridized carbons (Fsp3) is 0.105. The van der Waals surface area contributed by atoms with E-state index in [0.717, 1.165) is 0 Å². The van der Waals surface area contributed by atoms with E-state index in [0.29, 0.717) is 38.2 Å². The number of halogens is 2. The lowest BCUT2D eigenvalue weighted by molar-refractivity contribution is 0.412. The fourth-order valence-corrected chi connectivity index (χ4v) is 3.96. The minimum atomic E-state index is -0.400. The molecule has 0 amide bonds. The van der Waals surface area contributed by atoms with Gasteiger partial charge < -0.3 is 9.72 Å². The normalized spacial score (nSPS) is 11.1. The van der Waals surface area contributed by atoms with Crippen molar-refractivity contribution in [2.75, 3.05) is 7.11 Å². The van der Waals surface area contributed by atoms with Crippen LogP contribution in [0.1, 0.15) is 5.56 Å². The number of methoxy groups -OCH3 is 1. The number of hydrogen-bond donors (Lipinski definition) is 1. The summed E-state index contributed by atoms with van der Waals surface area (Å²) in [5.41, 5.74) is 1.07. The van der Waals surface area contributed by atoms with E-state index in [1.54, 1.807) is 30.0 Å². The molecule has 4 rings (SSSR count). The Morgan fingerprint density at radius 3 is 2.86 bits per heavy atom. The molecule has 0 saturated carbocycles. The van der Waals surface area contributed by atoms with E-state index in [4.69, 9.17) is 16.3 Å². The highest BCUT2D eigenvalue weighted by molar-refractivity contribution is 7.98. The van der Waals surface area contributed by atoms with E-state index in [1.165, 1.54) is 24.0 Å². The predicted octanol–water partition coefficient (Wildman–Crippen LogP) is 4.20. The van der Waals surface area contributed by atoms with Crippen molar-refractivity contribution < 1.29 is 9.13 Å². The predicted molar refractivity (Wildman–Crippen MR) is 107 cm³/mol. The number of aromatic nitrogens is 4. The Balaban J connectivity index is 1.74. The van der Waals surface area contributed by atoms with Crippen molar-refractivity contribution in [1.82, 2.24) is 19.7 Å². The number of para-hydroxylation sites is 2. The van der Waals surface area contributed by atoms with Crippen LogP contribution in [0.2, 0.25) is 5.02 Å². The number of benzene rings is 2. The summed E-state index contributed by atoms with van der Waals surface area (Å²) < 4.78 is 20.9. The molecule has 0 aliphatic rings. The van der Waals surface area contributed by atoms with Gasteiger partial charge in [0.25, 0.3) is 5.56 Å². The van der Waals surface area contributed by atoms with Crippen LogP contribution < -0.4 is 10.3 Å². The summed E-state index contributed by atoms with van der Waals surface area (Å²) in [4.78, 5) is 19.7. The van der Waals surface area contributed by atoms with Crippen LogP contribution in [0.25, 0.3) is 16.7 Å². The Kier molecular flexibility index (Phi) is 5.06. The minimum Gasteiger partial charge on any atom is -0.494 e. The van der Waals surface area contributed by atoms with Crippen molar-refractivity contribution in [3.63, 3.8) is 0 Å². The van der Waals surface area contributed by atoms with Gasteiger partial charge in [0.05, 0.1) is 13.3 Å². The van der Waals surface area contributed by atoms with Gasteiger partial charge in [-0.1, -0.05) is 41.6 Å². The number of ether oxygens (including phenoxy) is 1. The van der Waals surface area contributed by atoms with Gasteiger partial charge in [-0.15, -0.1) is 0 Å². The zero-order valence-corrected chi connectivity index (χ0v) is 16.2. The maximum absolute atomic E-state index is 14.0. The molecule has 0 spiro atoms. The first-order chi connectivity index (χ1) is 13.6. The number of H-pyrrole nitrogens is 1. The van der Waals surface area contributed by atoms with E-state index >= 15 is 0 Å². The number of hydrogen-bond acceptors (Lipinski definition) is 5. The third kappa shape index (κ3) is 3.36. The third-order valence-electron chi connectivity index (χ3n) is 4.14. The smallest absolute Gasteiger partial charge is 0.262 e. The van der Waals surface area contributed by atoms with Crippen LogP contribution in [0.5, 0.6) is 5.75 Å². The molecular formula is C19H14ClFN4O2S. The van der Waals surface area contributed by atoms with Gasteiger partial charge in [0.1, 0.15) is 22.6 Å². The maximum atomic E-state index is 14.0. The van der Waals surface area contributed by atoms with Crippen molar-refractivity contribution in [3.8, 4) is 11.4 Å². The van der Waals surface area contributed by atoms with Gasteiger partial charge in [-0.3, -0.25) is 4.79 Å². The average Bonchev–Trinajstić information content (AvgIpc) is 3.12. The molecule has 2 heterocycles. The van der Waals surface area contributed by atoms with Crippen LogP contribution in [-0.2, 0) is 5.75 Å². The minimum absolute atomic E-state index is 0.225. The standard InChI is InChI=1S/C19H14ClFN4O2S/c1-27-16-8-3-2-7-15(16)25-17-11(9-22-25)18(26)24-19(23-17)28-10-12-13(20)5-4-6-14(12)21/h2-9H,10H2,1H3,(H,23,24,26). The summed E-state index contributed by atoms with van der Waals surface area (Å²) in [6, 6.07) is 11.8. The highest BCUT2D eigenvalue weighted by Crippen LogP contribution is 2.28. The van der Waals surface area contributed by atoms with Crippen LogP contribution in [0.3, 0.4) is 0 Å². The molecule has 6 nitrogen and oxygen atoms in total. The summed E-state index contributed by atoms with van der Waals surface area (Å²) >= 11 is 7.25. The lowest BCUT2D eigenvalue weighted by Crippen LogP contribution is -2.10. The van der Waals surface area contributed by atoms with E-state index in [9.17, 15) is 9.18 Å². The Morgan fingerprint density at radius 2 is 2.07 bits per heavy atom. The zero-order valence-electron chi connectivity index (χ0n) is 14.6. The average molecular weight is 417 g/mol. The van der Waals surface area contributed by atoms with Crippen LogP contribution in [0.4, 0.5) is 4.39 Å². The molecule has 2 aromatic heterocycles. The molecular weight excluding hydrogens is 403 g/mol. The Hall–Kier alpha value is -2.84. The number of nitrogens with zero attached hydrogens (tertiary/aromatic N) is 3. The molecule has 142 valence electrons. The molecule has 0 saturated heterocycles. The van der Waals surface area contributed by atoms with E-state index in [-0.39, 0.29) is 11.3 Å². The SMILES string of the molecule is COc1ccccc1-n1ncc2c(=O)[nH]c(SCc3c(F)cccc3Cl)nc21. The van der Waals surface area contributed by atoms with Gasteiger partial charge >= 0.3 is 0 Å². The number of fused-ring (bicyclic) bond motifs is 1. The molecule has 0 aliphatic heterocycles. The monoisotopic (exact) mass is 416 g/mol. The van der Waals surface area contributed by atoms with Crippen LogP contribution >= 0.6 is 23.4 Å². The van der Waals surface area contributed by atoms with Crippen LogP contribution in [0.15, 0.2) is 58.6 Å². The third-order valence-corrected chi connectivity index (χ3v) is 5.40. The van der Waals surface area contributed by atoms with Crippen LogP contribution in [-0.4, -0.2) is 26.9 Å². The summed E-state index contributed by atoms with van der Waals surface area (Å²) in [7, 11) is 1.56. The molecule has 4 aromatic rings. The molecule has 0 bridgehead atoms. The molecule has 0 aliphatic carbocycles. The molecule has 0 radical (unpaired) electrons. The molecule has 28 heavy (non-hydrogen) atoms. The first kappa shape index (κ1) is 18.5. The van der Waals surface area contributed by atoms with Crippen molar-refractivity contribution in [2.45, 2.75) is 10.9 Å². The Labute approximate surface area is 168 Å². The number of rotatable bonds is 5. The van der Waals surface area contributed by atoms with Gasteiger partial charge in [0, 0.05) is 16.3 Å². The first-order valence-corrected chi connectivity index (χ1v) is 9.62. The largest absolute Gasteiger partial charge is 0.494 e. The fourth-order valence-electron chi connectivity index (χ4n) is 2.76. The van der Waals surface area contributed by atoms with E-state index < -0.39 is 5.82 Å². The summed E-state index contributed by atoms with van der Waals surface area (Å²) in [5, 5.41) is 5.30. The van der Waals surface area contributed by atoms with Crippen LogP contribution in [0, 0.1) is 5.82 Å². The van der Waals surface area contributed by atoms with Gasteiger partial charge in [-0.05, 0) is 24.3 Å².